The number of carbonyl (C=O) groups is 1. The monoisotopic (exact) mass is 247 g/mol. The van der Waals surface area contributed by atoms with E-state index in [1.54, 1.807) is 0 Å². The molecule has 5 nitrogen and oxygen atoms in total. The Morgan fingerprint density at radius 1 is 1.56 bits per heavy atom. The molecule has 0 radical (unpaired) electrons. The van der Waals surface area contributed by atoms with E-state index in [-0.39, 0.29) is 18.6 Å². The molecule has 0 aliphatic rings. The van der Waals surface area contributed by atoms with E-state index >= 15 is 0 Å². The van der Waals surface area contributed by atoms with Gasteiger partial charge in [0.05, 0.1) is 5.69 Å². The summed E-state index contributed by atoms with van der Waals surface area (Å²) < 4.78 is 7.38. The van der Waals surface area contributed by atoms with E-state index < -0.39 is 0 Å². The normalized spacial score (nSPS) is 10.9. The fourth-order valence-corrected chi connectivity index (χ4v) is 1.73. The molecule has 0 saturated heterocycles. The predicted molar refractivity (Wildman–Crippen MR) is 68.7 cm³/mol. The van der Waals surface area contributed by atoms with E-state index in [4.69, 9.17) is 4.74 Å². The van der Waals surface area contributed by atoms with E-state index in [1.807, 2.05) is 49.7 Å². The highest BCUT2D eigenvalue weighted by Gasteiger charge is 2.08. The van der Waals surface area contributed by atoms with Crippen molar-refractivity contribution < 1.29 is 9.53 Å². The summed E-state index contributed by atoms with van der Waals surface area (Å²) >= 11 is 0. The Kier molecular flexibility index (Phi) is 3.50. The number of pyridine rings is 1. The maximum absolute atomic E-state index is 11.5. The molecule has 0 saturated carbocycles. The van der Waals surface area contributed by atoms with Crippen LogP contribution in [0.2, 0.25) is 0 Å². The summed E-state index contributed by atoms with van der Waals surface area (Å²) in [6.45, 7) is 5.75. The van der Waals surface area contributed by atoms with Crippen LogP contribution in [0.25, 0.3) is 5.65 Å². The number of ether oxygens (including phenoxy) is 1. The zero-order chi connectivity index (χ0) is 13.1. The van der Waals surface area contributed by atoms with Gasteiger partial charge in [0.1, 0.15) is 0 Å². The van der Waals surface area contributed by atoms with Crippen LogP contribution in [0.15, 0.2) is 24.5 Å². The van der Waals surface area contributed by atoms with Gasteiger partial charge in [-0.2, -0.15) is 0 Å². The van der Waals surface area contributed by atoms with Crippen LogP contribution in [0.5, 0.6) is 5.75 Å². The Bertz CT molecular complexity index is 560. The molecule has 0 unspecified atom stereocenters. The maximum Gasteiger partial charge on any atom is 0.258 e. The number of fused-ring (bicyclic) bond motifs is 1. The zero-order valence-corrected chi connectivity index (χ0v) is 10.8. The van der Waals surface area contributed by atoms with Crippen molar-refractivity contribution in [3.63, 3.8) is 0 Å². The van der Waals surface area contributed by atoms with Crippen LogP contribution in [0.1, 0.15) is 19.5 Å². The number of hydrogen-bond donors (Lipinski definition) is 1. The fourth-order valence-electron chi connectivity index (χ4n) is 1.73. The molecule has 0 fully saturated rings. The second-order valence-electron chi connectivity index (χ2n) is 4.50. The Morgan fingerprint density at radius 3 is 3.06 bits per heavy atom. The number of amides is 1. The number of imidazole rings is 1. The van der Waals surface area contributed by atoms with Crippen molar-refractivity contribution in [1.29, 1.82) is 0 Å². The fraction of sp³-hybridized carbons (Fsp3) is 0.385. The first-order valence-corrected chi connectivity index (χ1v) is 5.93. The van der Waals surface area contributed by atoms with Crippen LogP contribution in [-0.4, -0.2) is 27.9 Å². The Hall–Kier alpha value is -2.04. The molecule has 2 rings (SSSR count). The van der Waals surface area contributed by atoms with Gasteiger partial charge in [-0.25, -0.2) is 4.98 Å². The lowest BCUT2D eigenvalue weighted by Gasteiger charge is -2.10. The minimum Gasteiger partial charge on any atom is -0.480 e. The van der Waals surface area contributed by atoms with Crippen molar-refractivity contribution in [2.24, 2.45) is 0 Å². The highest BCUT2D eigenvalue weighted by molar-refractivity contribution is 5.78. The van der Waals surface area contributed by atoms with E-state index in [1.165, 1.54) is 0 Å². The molecule has 0 bridgehead atoms. The lowest BCUT2D eigenvalue weighted by atomic mass is 10.4. The topological polar surface area (TPSA) is 55.6 Å². The van der Waals surface area contributed by atoms with Gasteiger partial charge >= 0.3 is 0 Å². The smallest absolute Gasteiger partial charge is 0.258 e. The van der Waals surface area contributed by atoms with Gasteiger partial charge in [-0.15, -0.1) is 0 Å². The Morgan fingerprint density at radius 2 is 2.33 bits per heavy atom. The summed E-state index contributed by atoms with van der Waals surface area (Å²) in [7, 11) is 0. The number of aromatic nitrogens is 2. The van der Waals surface area contributed by atoms with E-state index in [2.05, 4.69) is 10.3 Å². The number of carbonyl (C=O) groups excluding carboxylic acids is 1. The molecule has 2 aromatic rings. The van der Waals surface area contributed by atoms with Gasteiger partial charge in [-0.3, -0.25) is 4.79 Å². The molecule has 2 aromatic heterocycles. The van der Waals surface area contributed by atoms with Gasteiger partial charge in [0.2, 0.25) is 0 Å². The minimum absolute atomic E-state index is 0.00373. The number of hydrogen-bond acceptors (Lipinski definition) is 3. The Balaban J connectivity index is 2.10. The molecular weight excluding hydrogens is 230 g/mol. The van der Waals surface area contributed by atoms with Crippen molar-refractivity contribution in [3.05, 3.63) is 30.2 Å². The number of rotatable bonds is 4. The van der Waals surface area contributed by atoms with Crippen molar-refractivity contribution >= 4 is 11.6 Å². The molecule has 0 aliphatic heterocycles. The van der Waals surface area contributed by atoms with Gasteiger partial charge in [-0.05, 0) is 32.9 Å². The van der Waals surface area contributed by atoms with Crippen LogP contribution in [0.4, 0.5) is 0 Å². The van der Waals surface area contributed by atoms with Gasteiger partial charge in [-0.1, -0.05) is 0 Å². The first kappa shape index (κ1) is 12.4. The van der Waals surface area contributed by atoms with E-state index in [0.717, 1.165) is 11.3 Å². The average Bonchev–Trinajstić information content (AvgIpc) is 2.66. The van der Waals surface area contributed by atoms with Crippen molar-refractivity contribution in [2.45, 2.75) is 26.8 Å². The lowest BCUT2D eigenvalue weighted by Crippen LogP contribution is -2.34. The van der Waals surface area contributed by atoms with E-state index in [9.17, 15) is 4.79 Å². The summed E-state index contributed by atoms with van der Waals surface area (Å²) in [4.78, 5) is 15.9. The van der Waals surface area contributed by atoms with Crippen LogP contribution >= 0.6 is 0 Å². The zero-order valence-electron chi connectivity index (χ0n) is 10.8. The summed E-state index contributed by atoms with van der Waals surface area (Å²) in [6, 6.07) is 3.79. The molecule has 18 heavy (non-hydrogen) atoms. The van der Waals surface area contributed by atoms with E-state index in [0.29, 0.717) is 5.75 Å². The average molecular weight is 247 g/mol. The highest BCUT2D eigenvalue weighted by Crippen LogP contribution is 2.18. The number of nitrogens with zero attached hydrogens (tertiary/aromatic N) is 2. The van der Waals surface area contributed by atoms with Crippen molar-refractivity contribution in [3.8, 4) is 5.75 Å². The number of aryl methyl sites for hydroxylation is 1. The third-order valence-electron chi connectivity index (χ3n) is 2.38. The molecule has 0 aliphatic carbocycles. The molecule has 0 atom stereocenters. The van der Waals surface area contributed by atoms with Crippen LogP contribution in [0, 0.1) is 6.92 Å². The van der Waals surface area contributed by atoms with Gasteiger partial charge in [0, 0.05) is 18.4 Å². The first-order valence-electron chi connectivity index (χ1n) is 5.93. The molecule has 2 heterocycles. The standard InChI is InChI=1S/C13H17N3O2/c1-9(2)14-12(17)8-18-11-5-4-6-16-7-10(3)15-13(11)16/h4-7,9H,8H2,1-3H3,(H,14,17). The third kappa shape index (κ3) is 2.80. The van der Waals surface area contributed by atoms with Gasteiger partial charge in [0.25, 0.3) is 5.91 Å². The first-order chi connectivity index (χ1) is 8.56. The molecule has 96 valence electrons. The van der Waals surface area contributed by atoms with Crippen LogP contribution in [-0.2, 0) is 4.79 Å². The SMILES string of the molecule is Cc1cn2cccc(OCC(=O)NC(C)C)c2n1. The van der Waals surface area contributed by atoms with Crippen molar-refractivity contribution in [2.75, 3.05) is 6.61 Å². The second-order valence-corrected chi connectivity index (χ2v) is 4.50. The van der Waals surface area contributed by atoms with Crippen LogP contribution in [0.3, 0.4) is 0 Å². The third-order valence-corrected chi connectivity index (χ3v) is 2.38. The molecule has 0 aromatic carbocycles. The van der Waals surface area contributed by atoms with Gasteiger partial charge < -0.3 is 14.5 Å². The summed E-state index contributed by atoms with van der Waals surface area (Å²) in [5.74, 6) is 0.486. The molecule has 1 N–H and O–H groups in total. The maximum atomic E-state index is 11.5. The lowest BCUT2D eigenvalue weighted by molar-refractivity contribution is -0.123. The van der Waals surface area contributed by atoms with Gasteiger partial charge in [0.15, 0.2) is 18.0 Å². The highest BCUT2D eigenvalue weighted by atomic mass is 16.5. The van der Waals surface area contributed by atoms with Crippen molar-refractivity contribution in [1.82, 2.24) is 14.7 Å². The molecule has 0 spiro atoms. The Labute approximate surface area is 106 Å². The van der Waals surface area contributed by atoms with Crippen LogP contribution < -0.4 is 10.1 Å². The quantitative estimate of drug-likeness (QED) is 0.891. The molecular formula is C13H17N3O2. The summed E-state index contributed by atoms with van der Waals surface area (Å²) in [5, 5.41) is 2.78. The largest absolute Gasteiger partial charge is 0.480 e. The minimum atomic E-state index is -0.129. The molecule has 5 heteroatoms. The second kappa shape index (κ2) is 5.08. The summed E-state index contributed by atoms with van der Waals surface area (Å²) in [6.07, 6.45) is 3.81. The number of nitrogens with one attached hydrogen (secondary N) is 1. The predicted octanol–water partition coefficient (Wildman–Crippen LogP) is 1.55. The summed E-state index contributed by atoms with van der Waals surface area (Å²) in [5.41, 5.74) is 1.64. The molecule has 1 amide bonds.